The first-order chi connectivity index (χ1) is 6.50. The second-order valence-electron chi connectivity index (χ2n) is 3.12. The number of aryl methyl sites for hydroxylation is 1. The molecule has 0 spiro atoms. The van der Waals surface area contributed by atoms with E-state index >= 15 is 0 Å². The summed E-state index contributed by atoms with van der Waals surface area (Å²) < 4.78 is 0. The first-order valence-electron chi connectivity index (χ1n) is 4.23. The van der Waals surface area contributed by atoms with Crippen LogP contribution >= 0.6 is 11.6 Å². The number of hydrogen-bond donors (Lipinski definition) is 1. The second kappa shape index (κ2) is 4.29. The van der Waals surface area contributed by atoms with Crippen LogP contribution < -0.4 is 5.32 Å². The topological polar surface area (TPSA) is 29.1 Å². The Balaban J connectivity index is 3.00. The van der Waals surface area contributed by atoms with E-state index in [1.54, 1.807) is 12.1 Å². The lowest BCUT2D eigenvalue weighted by Crippen LogP contribution is -2.17. The zero-order chi connectivity index (χ0) is 10.7. The molecule has 0 heterocycles. The fourth-order valence-corrected chi connectivity index (χ4v) is 1.37. The molecular weight excluding hydrogens is 198 g/mol. The summed E-state index contributed by atoms with van der Waals surface area (Å²) in [6.45, 7) is 7.17. The number of rotatable bonds is 2. The Hall–Kier alpha value is -1.28. The number of carbonyl (C=O) groups is 1. The Morgan fingerprint density at radius 3 is 2.71 bits per heavy atom. The molecule has 0 aromatic heterocycles. The van der Waals surface area contributed by atoms with Gasteiger partial charge in [-0.25, -0.2) is 0 Å². The molecule has 74 valence electrons. The summed E-state index contributed by atoms with van der Waals surface area (Å²) >= 11 is 5.84. The van der Waals surface area contributed by atoms with E-state index in [1.807, 2.05) is 13.0 Å². The van der Waals surface area contributed by atoms with Gasteiger partial charge in [-0.3, -0.25) is 4.79 Å². The van der Waals surface area contributed by atoms with Crippen molar-refractivity contribution in [1.82, 2.24) is 5.32 Å². The first-order valence-corrected chi connectivity index (χ1v) is 4.61. The zero-order valence-electron chi connectivity index (χ0n) is 8.23. The van der Waals surface area contributed by atoms with Gasteiger partial charge in [-0.15, -0.1) is 0 Å². The number of carbonyl (C=O) groups excluding carboxylic acids is 1. The SMILES string of the molecule is C=C(NC(C)=O)c1cc(Cl)ccc1C. The highest BCUT2D eigenvalue weighted by molar-refractivity contribution is 6.30. The van der Waals surface area contributed by atoms with Crippen LogP contribution in [-0.4, -0.2) is 5.91 Å². The van der Waals surface area contributed by atoms with Crippen LogP contribution in [0.25, 0.3) is 5.70 Å². The van der Waals surface area contributed by atoms with Crippen molar-refractivity contribution in [3.05, 3.63) is 40.9 Å². The minimum absolute atomic E-state index is 0.130. The average Bonchev–Trinajstić information content (AvgIpc) is 2.08. The minimum atomic E-state index is -0.130. The lowest BCUT2D eigenvalue weighted by molar-refractivity contribution is -0.117. The third-order valence-electron chi connectivity index (χ3n) is 1.85. The number of nitrogens with one attached hydrogen (secondary N) is 1. The van der Waals surface area contributed by atoms with Gasteiger partial charge in [0.15, 0.2) is 0 Å². The van der Waals surface area contributed by atoms with Gasteiger partial charge in [-0.05, 0) is 24.6 Å². The molecule has 2 nitrogen and oxygen atoms in total. The maximum absolute atomic E-state index is 10.8. The van der Waals surface area contributed by atoms with E-state index in [0.29, 0.717) is 10.7 Å². The third kappa shape index (κ3) is 2.60. The molecule has 0 bridgehead atoms. The summed E-state index contributed by atoms with van der Waals surface area (Å²) in [5, 5.41) is 3.27. The van der Waals surface area contributed by atoms with E-state index in [2.05, 4.69) is 11.9 Å². The maximum atomic E-state index is 10.8. The van der Waals surface area contributed by atoms with Gasteiger partial charge in [-0.2, -0.15) is 0 Å². The van der Waals surface area contributed by atoms with Crippen LogP contribution in [0.4, 0.5) is 0 Å². The Bertz CT molecular complexity index is 385. The van der Waals surface area contributed by atoms with Crippen molar-refractivity contribution in [3.8, 4) is 0 Å². The lowest BCUT2D eigenvalue weighted by atomic mass is 10.1. The summed E-state index contributed by atoms with van der Waals surface area (Å²) in [7, 11) is 0. The largest absolute Gasteiger partial charge is 0.326 e. The van der Waals surface area contributed by atoms with Crippen LogP contribution in [0.2, 0.25) is 5.02 Å². The number of hydrogen-bond acceptors (Lipinski definition) is 1. The lowest BCUT2D eigenvalue weighted by Gasteiger charge is -2.09. The summed E-state index contributed by atoms with van der Waals surface area (Å²) in [5.74, 6) is -0.130. The summed E-state index contributed by atoms with van der Waals surface area (Å²) in [6, 6.07) is 5.49. The van der Waals surface area contributed by atoms with Crippen molar-refractivity contribution < 1.29 is 4.79 Å². The fraction of sp³-hybridized carbons (Fsp3) is 0.182. The Morgan fingerprint density at radius 1 is 1.50 bits per heavy atom. The van der Waals surface area contributed by atoms with Crippen LogP contribution in [0.15, 0.2) is 24.8 Å². The predicted octanol–water partition coefficient (Wildman–Crippen LogP) is 2.76. The van der Waals surface area contributed by atoms with E-state index in [1.165, 1.54) is 6.92 Å². The van der Waals surface area contributed by atoms with E-state index in [0.717, 1.165) is 11.1 Å². The molecule has 1 amide bonds. The highest BCUT2D eigenvalue weighted by atomic mass is 35.5. The van der Waals surface area contributed by atoms with Crippen molar-refractivity contribution in [1.29, 1.82) is 0 Å². The molecule has 3 heteroatoms. The molecule has 0 unspecified atom stereocenters. The van der Waals surface area contributed by atoms with Crippen molar-refractivity contribution in [2.45, 2.75) is 13.8 Å². The maximum Gasteiger partial charge on any atom is 0.221 e. The summed E-state index contributed by atoms with van der Waals surface area (Å²) in [4.78, 5) is 10.8. The number of halogens is 1. The quantitative estimate of drug-likeness (QED) is 0.798. The number of benzene rings is 1. The van der Waals surface area contributed by atoms with Crippen molar-refractivity contribution in [2.75, 3.05) is 0 Å². The van der Waals surface area contributed by atoms with E-state index in [-0.39, 0.29) is 5.91 Å². The molecule has 0 atom stereocenters. The van der Waals surface area contributed by atoms with Crippen LogP contribution in [-0.2, 0) is 4.79 Å². The zero-order valence-corrected chi connectivity index (χ0v) is 8.98. The van der Waals surface area contributed by atoms with Gasteiger partial charge in [0, 0.05) is 23.2 Å². The van der Waals surface area contributed by atoms with Gasteiger partial charge in [0.2, 0.25) is 5.91 Å². The van der Waals surface area contributed by atoms with Crippen molar-refractivity contribution in [3.63, 3.8) is 0 Å². The molecule has 0 fully saturated rings. The van der Waals surface area contributed by atoms with Crippen molar-refractivity contribution >= 4 is 23.2 Å². The third-order valence-corrected chi connectivity index (χ3v) is 2.09. The molecule has 0 aliphatic carbocycles. The summed E-state index contributed by atoms with van der Waals surface area (Å²) in [6.07, 6.45) is 0. The molecule has 0 radical (unpaired) electrons. The predicted molar refractivity (Wildman–Crippen MR) is 59.0 cm³/mol. The van der Waals surface area contributed by atoms with Crippen LogP contribution in [0.1, 0.15) is 18.1 Å². The van der Waals surface area contributed by atoms with Crippen molar-refractivity contribution in [2.24, 2.45) is 0 Å². The van der Waals surface area contributed by atoms with Gasteiger partial charge in [0.25, 0.3) is 0 Å². The van der Waals surface area contributed by atoms with E-state index in [9.17, 15) is 4.79 Å². The molecule has 1 aromatic rings. The van der Waals surface area contributed by atoms with Gasteiger partial charge in [-0.1, -0.05) is 24.2 Å². The smallest absolute Gasteiger partial charge is 0.221 e. The number of amides is 1. The average molecular weight is 210 g/mol. The highest BCUT2D eigenvalue weighted by Crippen LogP contribution is 2.19. The van der Waals surface area contributed by atoms with E-state index in [4.69, 9.17) is 11.6 Å². The fourth-order valence-electron chi connectivity index (χ4n) is 1.20. The molecule has 0 saturated heterocycles. The van der Waals surface area contributed by atoms with Gasteiger partial charge >= 0.3 is 0 Å². The molecule has 0 saturated carbocycles. The van der Waals surface area contributed by atoms with Gasteiger partial charge in [0.05, 0.1) is 0 Å². The minimum Gasteiger partial charge on any atom is -0.326 e. The molecule has 1 rings (SSSR count). The van der Waals surface area contributed by atoms with E-state index < -0.39 is 0 Å². The van der Waals surface area contributed by atoms with Crippen LogP contribution in [0.3, 0.4) is 0 Å². The van der Waals surface area contributed by atoms with Gasteiger partial charge in [0.1, 0.15) is 0 Å². The van der Waals surface area contributed by atoms with Crippen LogP contribution in [0, 0.1) is 6.92 Å². The molecule has 1 aromatic carbocycles. The molecule has 0 aliphatic heterocycles. The molecule has 14 heavy (non-hydrogen) atoms. The molecular formula is C11H12ClNO. The Kier molecular flexibility index (Phi) is 3.31. The Morgan fingerprint density at radius 2 is 2.14 bits per heavy atom. The normalized spacial score (nSPS) is 9.64. The summed E-state index contributed by atoms with van der Waals surface area (Å²) in [5.41, 5.74) is 2.48. The second-order valence-corrected chi connectivity index (χ2v) is 3.56. The Labute approximate surface area is 88.6 Å². The molecule has 1 N–H and O–H groups in total. The first kappa shape index (κ1) is 10.8. The molecule has 0 aliphatic rings. The van der Waals surface area contributed by atoms with Crippen LogP contribution in [0.5, 0.6) is 0 Å². The monoisotopic (exact) mass is 209 g/mol. The highest BCUT2D eigenvalue weighted by Gasteiger charge is 2.04. The van der Waals surface area contributed by atoms with Gasteiger partial charge < -0.3 is 5.32 Å². The standard InChI is InChI=1S/C11H12ClNO/c1-7-4-5-10(12)6-11(7)8(2)13-9(3)14/h4-6H,2H2,1,3H3,(H,13,14).